The van der Waals surface area contributed by atoms with Gasteiger partial charge in [0.2, 0.25) is 0 Å². The predicted octanol–water partition coefficient (Wildman–Crippen LogP) is 2.04. The second-order valence-corrected chi connectivity index (χ2v) is 8.52. The van der Waals surface area contributed by atoms with Gasteiger partial charge in [-0.15, -0.1) is 5.10 Å². The molecule has 3 aliphatic rings. The summed E-state index contributed by atoms with van der Waals surface area (Å²) < 4.78 is 1.96. The summed E-state index contributed by atoms with van der Waals surface area (Å²) in [5.41, 5.74) is 1.40. The van der Waals surface area contributed by atoms with E-state index in [4.69, 9.17) is 0 Å². The highest BCUT2D eigenvalue weighted by molar-refractivity contribution is 5.93. The van der Waals surface area contributed by atoms with Crippen molar-refractivity contribution in [2.24, 2.45) is 0 Å². The lowest BCUT2D eigenvalue weighted by Gasteiger charge is -2.39. The molecule has 0 radical (unpaired) electrons. The summed E-state index contributed by atoms with van der Waals surface area (Å²) in [6.07, 6.45) is 11.1. The van der Waals surface area contributed by atoms with Crippen LogP contribution in [-0.4, -0.2) is 64.1 Å². The molecule has 4 rings (SSSR count). The minimum absolute atomic E-state index is 0.0520. The van der Waals surface area contributed by atoms with Gasteiger partial charge in [-0.05, 0) is 58.5 Å². The number of likely N-dealkylation sites (tertiary alicyclic amines) is 1. The molecule has 2 aliphatic heterocycles. The lowest BCUT2D eigenvalue weighted by atomic mass is 9.92. The van der Waals surface area contributed by atoms with Crippen molar-refractivity contribution >= 4 is 5.91 Å². The van der Waals surface area contributed by atoms with E-state index in [1.165, 1.54) is 32.1 Å². The summed E-state index contributed by atoms with van der Waals surface area (Å²) in [5, 5.41) is 15.1. The lowest BCUT2D eigenvalue weighted by molar-refractivity contribution is 0.0860. The fraction of sp³-hybridized carbons (Fsp3) is 0.850. The second kappa shape index (κ2) is 8.69. The fourth-order valence-electron chi connectivity index (χ4n) is 5.06. The summed E-state index contributed by atoms with van der Waals surface area (Å²) in [6, 6.07) is 1.40. The Balaban J connectivity index is 1.30. The van der Waals surface area contributed by atoms with Crippen LogP contribution in [0.15, 0.2) is 0 Å². The van der Waals surface area contributed by atoms with Crippen LogP contribution in [0.25, 0.3) is 0 Å². The van der Waals surface area contributed by atoms with Crippen molar-refractivity contribution < 1.29 is 4.79 Å². The standard InChI is InChI=1S/C20H34N6O/c1-15-19(23-24-26(15)18-7-11-21-12-8-18)20(27)22-16-9-13-25(14-10-16)17-5-3-2-4-6-17/h16-18,21H,2-14H2,1H3,(H,22,27). The van der Waals surface area contributed by atoms with Crippen LogP contribution in [0.4, 0.5) is 0 Å². The van der Waals surface area contributed by atoms with E-state index in [1.54, 1.807) is 0 Å². The molecule has 27 heavy (non-hydrogen) atoms. The maximum atomic E-state index is 12.8. The van der Waals surface area contributed by atoms with Crippen molar-refractivity contribution in [3.63, 3.8) is 0 Å². The zero-order valence-corrected chi connectivity index (χ0v) is 16.6. The highest BCUT2D eigenvalue weighted by atomic mass is 16.2. The smallest absolute Gasteiger partial charge is 0.273 e. The molecular weight excluding hydrogens is 340 g/mol. The molecule has 2 saturated heterocycles. The topological polar surface area (TPSA) is 75.1 Å². The Morgan fingerprint density at radius 3 is 2.41 bits per heavy atom. The van der Waals surface area contributed by atoms with E-state index in [0.717, 1.165) is 63.6 Å². The SMILES string of the molecule is Cc1c(C(=O)NC2CCN(C3CCCCC3)CC2)nnn1C1CCNCC1. The summed E-state index contributed by atoms with van der Waals surface area (Å²) >= 11 is 0. The first-order valence-electron chi connectivity index (χ1n) is 10.9. The van der Waals surface area contributed by atoms with Crippen LogP contribution >= 0.6 is 0 Å². The van der Waals surface area contributed by atoms with E-state index in [1.807, 2.05) is 11.6 Å². The number of hydrogen-bond donors (Lipinski definition) is 2. The monoisotopic (exact) mass is 374 g/mol. The maximum absolute atomic E-state index is 12.8. The first-order chi connectivity index (χ1) is 13.2. The molecule has 0 spiro atoms. The lowest BCUT2D eigenvalue weighted by Crippen LogP contribution is -2.48. The molecular formula is C20H34N6O. The third kappa shape index (κ3) is 4.35. The molecule has 0 aromatic carbocycles. The number of carbonyl (C=O) groups is 1. The molecule has 3 heterocycles. The molecule has 7 heteroatoms. The van der Waals surface area contributed by atoms with Gasteiger partial charge in [-0.3, -0.25) is 4.79 Å². The number of aromatic nitrogens is 3. The number of hydrogen-bond acceptors (Lipinski definition) is 5. The van der Waals surface area contributed by atoms with Crippen molar-refractivity contribution in [1.82, 2.24) is 30.5 Å². The molecule has 0 unspecified atom stereocenters. The zero-order chi connectivity index (χ0) is 18.6. The highest BCUT2D eigenvalue weighted by Gasteiger charge is 2.28. The number of carbonyl (C=O) groups excluding carboxylic acids is 1. The largest absolute Gasteiger partial charge is 0.348 e. The molecule has 7 nitrogen and oxygen atoms in total. The minimum atomic E-state index is -0.0520. The van der Waals surface area contributed by atoms with Crippen LogP contribution in [0.1, 0.15) is 80.0 Å². The van der Waals surface area contributed by atoms with Crippen molar-refractivity contribution in [2.45, 2.75) is 82.8 Å². The van der Waals surface area contributed by atoms with Gasteiger partial charge in [-0.25, -0.2) is 4.68 Å². The Bertz CT molecular complexity index is 624. The van der Waals surface area contributed by atoms with Crippen LogP contribution in [0.5, 0.6) is 0 Å². The molecule has 0 atom stereocenters. The fourth-order valence-corrected chi connectivity index (χ4v) is 5.06. The normalized spacial score (nSPS) is 24.2. The molecule has 1 saturated carbocycles. The van der Waals surface area contributed by atoms with E-state index in [0.29, 0.717) is 11.7 Å². The first-order valence-corrected chi connectivity index (χ1v) is 10.9. The van der Waals surface area contributed by atoms with Crippen LogP contribution in [-0.2, 0) is 0 Å². The van der Waals surface area contributed by atoms with Gasteiger partial charge >= 0.3 is 0 Å². The van der Waals surface area contributed by atoms with E-state index < -0.39 is 0 Å². The molecule has 0 bridgehead atoms. The predicted molar refractivity (Wildman–Crippen MR) is 105 cm³/mol. The zero-order valence-electron chi connectivity index (χ0n) is 16.6. The maximum Gasteiger partial charge on any atom is 0.273 e. The van der Waals surface area contributed by atoms with E-state index in [-0.39, 0.29) is 11.9 Å². The summed E-state index contributed by atoms with van der Waals surface area (Å²) in [5.74, 6) is -0.0520. The van der Waals surface area contributed by atoms with Crippen LogP contribution in [0.3, 0.4) is 0 Å². The molecule has 1 aliphatic carbocycles. The Labute approximate surface area is 162 Å². The number of rotatable bonds is 4. The van der Waals surface area contributed by atoms with Crippen molar-refractivity contribution in [3.8, 4) is 0 Å². The number of amides is 1. The van der Waals surface area contributed by atoms with Gasteiger partial charge in [-0.2, -0.15) is 0 Å². The third-order valence-electron chi connectivity index (χ3n) is 6.75. The van der Waals surface area contributed by atoms with Gasteiger partial charge in [0.05, 0.1) is 11.7 Å². The van der Waals surface area contributed by atoms with E-state index in [9.17, 15) is 4.79 Å². The van der Waals surface area contributed by atoms with E-state index >= 15 is 0 Å². The summed E-state index contributed by atoms with van der Waals surface area (Å²) in [7, 11) is 0. The Morgan fingerprint density at radius 2 is 1.70 bits per heavy atom. The van der Waals surface area contributed by atoms with Crippen molar-refractivity contribution in [2.75, 3.05) is 26.2 Å². The number of nitrogens with one attached hydrogen (secondary N) is 2. The van der Waals surface area contributed by atoms with Crippen LogP contribution in [0, 0.1) is 6.92 Å². The molecule has 150 valence electrons. The van der Waals surface area contributed by atoms with Crippen LogP contribution < -0.4 is 10.6 Å². The van der Waals surface area contributed by atoms with Gasteiger partial charge in [0, 0.05) is 25.2 Å². The highest BCUT2D eigenvalue weighted by Crippen LogP contribution is 2.25. The van der Waals surface area contributed by atoms with Gasteiger partial charge in [0.1, 0.15) is 0 Å². The van der Waals surface area contributed by atoms with E-state index in [2.05, 4.69) is 25.8 Å². The van der Waals surface area contributed by atoms with Crippen molar-refractivity contribution in [3.05, 3.63) is 11.4 Å². The molecule has 1 amide bonds. The van der Waals surface area contributed by atoms with Gasteiger partial charge in [0.15, 0.2) is 5.69 Å². The number of nitrogens with zero attached hydrogens (tertiary/aromatic N) is 4. The minimum Gasteiger partial charge on any atom is -0.348 e. The average Bonchev–Trinajstić information content (AvgIpc) is 3.11. The third-order valence-corrected chi connectivity index (χ3v) is 6.75. The average molecular weight is 375 g/mol. The van der Waals surface area contributed by atoms with Gasteiger partial charge in [-0.1, -0.05) is 24.5 Å². The Kier molecular flexibility index (Phi) is 6.08. The quantitative estimate of drug-likeness (QED) is 0.844. The van der Waals surface area contributed by atoms with Crippen molar-refractivity contribution in [1.29, 1.82) is 0 Å². The van der Waals surface area contributed by atoms with Crippen LogP contribution in [0.2, 0.25) is 0 Å². The summed E-state index contributed by atoms with van der Waals surface area (Å²) in [4.78, 5) is 15.4. The van der Waals surface area contributed by atoms with Gasteiger partial charge in [0.25, 0.3) is 5.91 Å². The Morgan fingerprint density at radius 1 is 1.00 bits per heavy atom. The second-order valence-electron chi connectivity index (χ2n) is 8.52. The summed E-state index contributed by atoms with van der Waals surface area (Å²) in [6.45, 7) is 6.20. The molecule has 1 aromatic rings. The Hall–Kier alpha value is -1.47. The molecule has 2 N–H and O–H groups in total. The molecule has 3 fully saturated rings. The van der Waals surface area contributed by atoms with Gasteiger partial charge < -0.3 is 15.5 Å². The number of piperidine rings is 2. The first kappa shape index (κ1) is 18.9. The molecule has 1 aromatic heterocycles.